The number of hydrogen-bond acceptors (Lipinski definition) is 6. The fourth-order valence-corrected chi connectivity index (χ4v) is 6.39. The van der Waals surface area contributed by atoms with Crippen LogP contribution >= 0.6 is 0 Å². The molecule has 3 N–H and O–H groups in total. The monoisotopic (exact) mass is 563 g/mol. The molecule has 6 rings (SSSR count). The van der Waals surface area contributed by atoms with Gasteiger partial charge < -0.3 is 19.9 Å². The number of H-pyrrole nitrogens is 1. The predicted molar refractivity (Wildman–Crippen MR) is 149 cm³/mol. The smallest absolute Gasteiger partial charge is 0.330 e. The number of carbonyl (C=O) groups excluding carboxylic acids is 1. The van der Waals surface area contributed by atoms with Gasteiger partial charge >= 0.3 is 5.69 Å². The Morgan fingerprint density at radius 2 is 1.80 bits per heavy atom. The molecule has 41 heavy (non-hydrogen) atoms. The lowest BCUT2D eigenvalue weighted by Crippen LogP contribution is -2.41. The molecule has 1 saturated carbocycles. The minimum atomic E-state index is -1.94. The maximum atomic E-state index is 15.2. The minimum Gasteiger partial charge on any atom is -0.456 e. The predicted octanol–water partition coefficient (Wildman–Crippen LogP) is 3.80. The number of benzene rings is 2. The summed E-state index contributed by atoms with van der Waals surface area (Å²) in [5.74, 6) is 0.727. The molecule has 1 amide bonds. The van der Waals surface area contributed by atoms with Crippen LogP contribution in [0.2, 0.25) is 0 Å². The van der Waals surface area contributed by atoms with E-state index >= 15 is 4.39 Å². The third-order valence-electron chi connectivity index (χ3n) is 8.60. The van der Waals surface area contributed by atoms with E-state index in [0.717, 1.165) is 39.8 Å². The first-order valence-electron chi connectivity index (χ1n) is 14.4. The maximum Gasteiger partial charge on any atom is 0.330 e. The van der Waals surface area contributed by atoms with Gasteiger partial charge in [0.05, 0.1) is 5.92 Å². The third kappa shape index (κ3) is 4.99. The lowest BCUT2D eigenvalue weighted by atomic mass is 9.79. The van der Waals surface area contributed by atoms with Gasteiger partial charge in [-0.2, -0.15) is 0 Å². The first kappa shape index (κ1) is 27.4. The highest BCUT2D eigenvalue weighted by Gasteiger charge is 2.46. The van der Waals surface area contributed by atoms with E-state index in [1.165, 1.54) is 25.5 Å². The number of nitrogens with zero attached hydrogens (tertiary/aromatic N) is 1. The number of para-hydroxylation sites is 2. The molecule has 3 aliphatic rings. The quantitative estimate of drug-likeness (QED) is 0.420. The van der Waals surface area contributed by atoms with Crippen LogP contribution < -0.4 is 21.3 Å². The van der Waals surface area contributed by atoms with Crippen molar-refractivity contribution in [3.05, 3.63) is 91.8 Å². The lowest BCUT2D eigenvalue weighted by molar-refractivity contribution is -0.123. The number of halogens is 1. The Hall–Kier alpha value is -3.76. The van der Waals surface area contributed by atoms with Crippen molar-refractivity contribution in [3.63, 3.8) is 0 Å². The summed E-state index contributed by atoms with van der Waals surface area (Å²) < 4.78 is 28.3. The number of aryl methyl sites for hydroxylation is 1. The van der Waals surface area contributed by atoms with Gasteiger partial charge in [0.1, 0.15) is 23.7 Å². The summed E-state index contributed by atoms with van der Waals surface area (Å²) in [6.45, 7) is 1.56. The zero-order valence-corrected chi connectivity index (χ0v) is 22.8. The molecule has 1 saturated heterocycles. The molecule has 3 heterocycles. The average Bonchev–Trinajstić information content (AvgIpc) is 3.27. The number of rotatable bonds is 6. The molecule has 5 atom stereocenters. The van der Waals surface area contributed by atoms with Crippen molar-refractivity contribution in [2.24, 2.45) is 0 Å². The van der Waals surface area contributed by atoms with Crippen LogP contribution in [-0.4, -0.2) is 45.5 Å². The van der Waals surface area contributed by atoms with Crippen LogP contribution in [0.15, 0.2) is 58.3 Å². The topological polar surface area (TPSA) is 123 Å². The van der Waals surface area contributed by atoms with E-state index in [9.17, 15) is 19.5 Å². The van der Waals surface area contributed by atoms with Crippen LogP contribution in [0.25, 0.3) is 0 Å². The van der Waals surface area contributed by atoms with Crippen molar-refractivity contribution in [2.45, 2.75) is 81.9 Å². The summed E-state index contributed by atoms with van der Waals surface area (Å²) >= 11 is 0. The average molecular weight is 564 g/mol. The number of aliphatic hydroxyl groups excluding tert-OH is 1. The Kier molecular flexibility index (Phi) is 7.52. The molecule has 2 aromatic carbocycles. The van der Waals surface area contributed by atoms with Crippen LogP contribution in [0.5, 0.6) is 11.5 Å². The number of ether oxygens (including phenoxy) is 2. The van der Waals surface area contributed by atoms with Gasteiger partial charge in [-0.3, -0.25) is 19.1 Å². The van der Waals surface area contributed by atoms with Gasteiger partial charge in [-0.25, -0.2) is 9.18 Å². The van der Waals surface area contributed by atoms with Crippen LogP contribution in [-0.2, 0) is 16.0 Å². The highest BCUT2D eigenvalue weighted by molar-refractivity contribution is 5.90. The van der Waals surface area contributed by atoms with Crippen LogP contribution in [0, 0.1) is 0 Å². The second kappa shape index (κ2) is 11.3. The van der Waals surface area contributed by atoms with Gasteiger partial charge in [0, 0.05) is 29.4 Å². The van der Waals surface area contributed by atoms with Crippen molar-refractivity contribution < 1.29 is 23.8 Å². The number of fused-ring (bicyclic) bond motifs is 2. The number of aromatic amines is 1. The Balaban J connectivity index is 1.24. The number of hydrogen-bond donors (Lipinski definition) is 3. The third-order valence-corrected chi connectivity index (χ3v) is 8.60. The van der Waals surface area contributed by atoms with E-state index in [2.05, 4.69) is 16.4 Å². The molecule has 2 aliphatic heterocycles. The Bertz CT molecular complexity index is 1560. The van der Waals surface area contributed by atoms with E-state index in [0.29, 0.717) is 18.1 Å². The summed E-state index contributed by atoms with van der Waals surface area (Å²) in [5, 5.41) is 13.5. The molecule has 216 valence electrons. The molecule has 1 aliphatic carbocycles. The van der Waals surface area contributed by atoms with Crippen molar-refractivity contribution in [2.75, 3.05) is 6.54 Å². The van der Waals surface area contributed by atoms with Crippen molar-refractivity contribution in [1.82, 2.24) is 14.9 Å². The summed E-state index contributed by atoms with van der Waals surface area (Å²) in [6.07, 6.45) is 1.24. The van der Waals surface area contributed by atoms with Crippen LogP contribution in [0.1, 0.15) is 79.3 Å². The zero-order valence-electron chi connectivity index (χ0n) is 22.8. The second-order valence-corrected chi connectivity index (χ2v) is 11.1. The minimum absolute atomic E-state index is 0.174. The number of carbonyl (C=O) groups is 1. The first-order valence-corrected chi connectivity index (χ1v) is 14.4. The highest BCUT2D eigenvalue weighted by atomic mass is 19.1. The number of amides is 1. The molecule has 3 aromatic rings. The second-order valence-electron chi connectivity index (χ2n) is 11.1. The van der Waals surface area contributed by atoms with Gasteiger partial charge in [-0.1, -0.05) is 62.6 Å². The molecule has 2 fully saturated rings. The largest absolute Gasteiger partial charge is 0.456 e. The number of alkyl halides is 1. The Morgan fingerprint density at radius 1 is 1.07 bits per heavy atom. The molecule has 0 spiro atoms. The fraction of sp³-hybridized carbons (Fsp3) is 0.452. The van der Waals surface area contributed by atoms with Crippen LogP contribution in [0.3, 0.4) is 0 Å². The van der Waals surface area contributed by atoms with E-state index in [1.54, 1.807) is 6.92 Å². The van der Waals surface area contributed by atoms with Crippen molar-refractivity contribution >= 4 is 5.91 Å². The molecule has 10 heteroatoms. The Morgan fingerprint density at radius 3 is 2.59 bits per heavy atom. The molecular weight excluding hydrogens is 529 g/mol. The summed E-state index contributed by atoms with van der Waals surface area (Å²) in [7, 11) is 0. The van der Waals surface area contributed by atoms with Crippen molar-refractivity contribution in [3.8, 4) is 11.5 Å². The van der Waals surface area contributed by atoms with E-state index in [1.807, 2.05) is 36.4 Å². The standard InChI is InChI=1S/C31H34FN3O6/c1-2-17-16-35(31(39)34-28(17)37)30-25(32)26(36)23(41-30)15-33-29(38)24-20-11-6-7-14-22(20)40-27-19(12-8-13-21(24)27)18-9-4-3-5-10-18/h6-8,11-14,16,18,23-26,30,36H,2-5,9-10,15H2,1H3,(H,33,38)(H,34,37,39)/t23-,24?,25+,26-,30-/m1/s1. The number of nitrogens with one attached hydrogen (secondary N) is 2. The van der Waals surface area contributed by atoms with E-state index in [4.69, 9.17) is 9.47 Å². The molecule has 0 radical (unpaired) electrons. The summed E-state index contributed by atoms with van der Waals surface area (Å²) in [4.78, 5) is 40.3. The molecule has 1 unspecified atom stereocenters. The van der Waals surface area contributed by atoms with Crippen molar-refractivity contribution in [1.29, 1.82) is 0 Å². The number of aromatic nitrogens is 2. The van der Waals surface area contributed by atoms with E-state index in [-0.39, 0.29) is 18.0 Å². The molecule has 1 aromatic heterocycles. The molecule has 0 bridgehead atoms. The lowest BCUT2D eigenvalue weighted by Gasteiger charge is -2.32. The van der Waals surface area contributed by atoms with Gasteiger partial charge in [-0.05, 0) is 36.8 Å². The van der Waals surface area contributed by atoms with Crippen LogP contribution in [0.4, 0.5) is 4.39 Å². The number of aliphatic hydroxyl groups is 1. The summed E-state index contributed by atoms with van der Waals surface area (Å²) in [5.41, 5.74) is 1.52. The summed E-state index contributed by atoms with van der Waals surface area (Å²) in [6, 6.07) is 13.4. The normalized spacial score (nSPS) is 25.7. The Labute approximate surface area is 236 Å². The SMILES string of the molecule is CCc1cn([C@@H]2O[C@H](CNC(=O)C3c4ccccc4Oc4c(C5CCCCC5)cccc43)[C@@H](O)[C@@H]2F)c(=O)[nH]c1=O. The molecule has 9 nitrogen and oxygen atoms in total. The molecular formula is C31H34FN3O6. The van der Waals surface area contributed by atoms with E-state index < -0.39 is 41.8 Å². The fourth-order valence-electron chi connectivity index (χ4n) is 6.39. The zero-order chi connectivity index (χ0) is 28.7. The van der Waals surface area contributed by atoms with Gasteiger partial charge in [0.15, 0.2) is 12.4 Å². The van der Waals surface area contributed by atoms with Gasteiger partial charge in [-0.15, -0.1) is 0 Å². The first-order chi connectivity index (χ1) is 19.9. The maximum absolute atomic E-state index is 15.2. The highest BCUT2D eigenvalue weighted by Crippen LogP contribution is 2.49. The van der Waals surface area contributed by atoms with Gasteiger partial charge in [0.25, 0.3) is 5.56 Å². The van der Waals surface area contributed by atoms with Gasteiger partial charge in [0.2, 0.25) is 5.91 Å².